The molecule has 0 atom stereocenters. The zero-order chi connectivity index (χ0) is 26.9. The molecule has 39 heavy (non-hydrogen) atoms. The van der Waals surface area contributed by atoms with Gasteiger partial charge in [-0.05, 0) is 48.5 Å². The highest BCUT2D eigenvalue weighted by Gasteiger charge is 2.35. The fourth-order valence-electron chi connectivity index (χ4n) is 4.15. The maximum absolute atomic E-state index is 12.4. The van der Waals surface area contributed by atoms with Gasteiger partial charge in [-0.1, -0.05) is 60.1 Å². The molecule has 0 saturated carbocycles. The highest BCUT2D eigenvalue weighted by Crippen LogP contribution is 2.34. The molecule has 0 unspecified atom stereocenters. The van der Waals surface area contributed by atoms with Gasteiger partial charge in [0.05, 0.1) is 22.3 Å². The molecular formula is C32H14O7. The Balaban J connectivity index is 1.43. The molecule has 0 radical (unpaired) electrons. The van der Waals surface area contributed by atoms with Crippen LogP contribution in [-0.2, 0) is 9.47 Å². The summed E-state index contributed by atoms with van der Waals surface area (Å²) in [5, 5.41) is 0. The van der Waals surface area contributed by atoms with Crippen LogP contribution < -0.4 is 4.74 Å². The Morgan fingerprint density at radius 1 is 0.487 bits per heavy atom. The van der Waals surface area contributed by atoms with E-state index in [9.17, 15) is 19.2 Å². The van der Waals surface area contributed by atoms with Crippen molar-refractivity contribution in [2.24, 2.45) is 0 Å². The summed E-state index contributed by atoms with van der Waals surface area (Å²) in [6.07, 6.45) is 0. The van der Waals surface area contributed by atoms with Crippen LogP contribution in [0.25, 0.3) is 0 Å². The lowest BCUT2D eigenvalue weighted by molar-refractivity contribution is 0.0425. The first kappa shape index (κ1) is 23.5. The summed E-state index contributed by atoms with van der Waals surface area (Å²) in [5.41, 5.74) is 2.01. The largest absolute Gasteiger partial charge is 0.457 e. The maximum Gasteiger partial charge on any atom is 0.348 e. The molecule has 0 bridgehead atoms. The summed E-state index contributed by atoms with van der Waals surface area (Å²) in [7, 11) is 0. The molecule has 2 aliphatic heterocycles. The minimum atomic E-state index is -0.819. The molecule has 0 amide bonds. The van der Waals surface area contributed by atoms with Crippen LogP contribution in [0.1, 0.15) is 63.7 Å². The van der Waals surface area contributed by atoms with Crippen molar-refractivity contribution in [3.63, 3.8) is 0 Å². The molecule has 0 saturated heterocycles. The summed E-state index contributed by atoms with van der Waals surface area (Å²) < 4.78 is 15.6. The van der Waals surface area contributed by atoms with Gasteiger partial charge in [0.15, 0.2) is 0 Å². The van der Waals surface area contributed by atoms with Gasteiger partial charge in [-0.15, -0.1) is 0 Å². The molecule has 2 aliphatic rings. The number of carbonyl (C=O) groups excluding carboxylic acids is 4. The SMILES string of the molecule is O=C1OC(=O)c2c(C#Cc3ccccc3)cc(Oc3cc(C#Cc4ccccc4)c4c(c3)C(=O)OC4=O)cc21. The van der Waals surface area contributed by atoms with E-state index in [0.717, 1.165) is 0 Å². The molecule has 6 rings (SSSR count). The fourth-order valence-corrected chi connectivity index (χ4v) is 4.15. The lowest BCUT2D eigenvalue weighted by Gasteiger charge is -2.09. The van der Waals surface area contributed by atoms with Gasteiger partial charge in [0.1, 0.15) is 11.5 Å². The molecule has 2 heterocycles. The Morgan fingerprint density at radius 2 is 0.897 bits per heavy atom. The van der Waals surface area contributed by atoms with Crippen LogP contribution in [0.15, 0.2) is 84.9 Å². The van der Waals surface area contributed by atoms with Crippen molar-refractivity contribution in [2.45, 2.75) is 0 Å². The third-order valence-corrected chi connectivity index (χ3v) is 5.91. The van der Waals surface area contributed by atoms with Crippen LogP contribution in [0.2, 0.25) is 0 Å². The summed E-state index contributed by atoms with van der Waals surface area (Å²) in [4.78, 5) is 49.4. The average molecular weight is 510 g/mol. The first-order chi connectivity index (χ1) is 19.0. The Morgan fingerprint density at radius 3 is 1.31 bits per heavy atom. The number of fused-ring (bicyclic) bond motifs is 2. The monoisotopic (exact) mass is 510 g/mol. The highest BCUT2D eigenvalue weighted by atomic mass is 16.6. The Hall–Kier alpha value is -5.92. The zero-order valence-electron chi connectivity index (χ0n) is 19.9. The van der Waals surface area contributed by atoms with Crippen molar-refractivity contribution in [1.29, 1.82) is 0 Å². The van der Waals surface area contributed by atoms with E-state index >= 15 is 0 Å². The molecular weight excluding hydrogens is 496 g/mol. The predicted molar refractivity (Wildman–Crippen MR) is 137 cm³/mol. The van der Waals surface area contributed by atoms with E-state index in [-0.39, 0.29) is 44.9 Å². The Bertz CT molecular complexity index is 1710. The summed E-state index contributed by atoms with van der Waals surface area (Å²) in [5.74, 6) is 8.86. The van der Waals surface area contributed by atoms with E-state index in [1.807, 2.05) is 36.4 Å². The van der Waals surface area contributed by atoms with Gasteiger partial charge in [-0.2, -0.15) is 0 Å². The summed E-state index contributed by atoms with van der Waals surface area (Å²) >= 11 is 0. The van der Waals surface area contributed by atoms with Gasteiger partial charge >= 0.3 is 23.9 Å². The van der Waals surface area contributed by atoms with E-state index in [0.29, 0.717) is 11.1 Å². The van der Waals surface area contributed by atoms with Crippen molar-refractivity contribution in [3.8, 4) is 35.2 Å². The number of ether oxygens (including phenoxy) is 3. The molecule has 0 spiro atoms. The summed E-state index contributed by atoms with van der Waals surface area (Å²) in [6.45, 7) is 0. The van der Waals surface area contributed by atoms with Gasteiger partial charge in [0.25, 0.3) is 0 Å². The van der Waals surface area contributed by atoms with Crippen molar-refractivity contribution < 1.29 is 33.4 Å². The standard InChI is InChI=1S/C32H14O7/c33-29-25-17-23(15-21(27(25)31(35)38-29)13-11-19-7-3-1-4-8-19)37-24-16-22(14-12-20-9-5-2-6-10-20)28-26(18-24)30(34)39-32(28)36/h1-10,15-18H. The lowest BCUT2D eigenvalue weighted by Crippen LogP contribution is -2.00. The maximum atomic E-state index is 12.4. The zero-order valence-corrected chi connectivity index (χ0v) is 19.9. The molecule has 4 aromatic carbocycles. The number of esters is 4. The van der Waals surface area contributed by atoms with Gasteiger partial charge < -0.3 is 14.2 Å². The average Bonchev–Trinajstić information content (AvgIpc) is 3.40. The molecule has 7 nitrogen and oxygen atoms in total. The summed E-state index contributed by atoms with van der Waals surface area (Å²) in [6, 6.07) is 24.0. The third-order valence-electron chi connectivity index (χ3n) is 5.91. The van der Waals surface area contributed by atoms with Crippen LogP contribution in [-0.4, -0.2) is 23.9 Å². The number of carbonyl (C=O) groups is 4. The molecule has 7 heteroatoms. The van der Waals surface area contributed by atoms with Gasteiger partial charge in [-0.25, -0.2) is 19.2 Å². The number of benzene rings is 4. The Labute approximate surface area is 221 Å². The number of cyclic esters (lactones) is 4. The highest BCUT2D eigenvalue weighted by molar-refractivity contribution is 6.17. The fraction of sp³-hybridized carbons (Fsp3) is 0. The molecule has 0 aliphatic carbocycles. The quantitative estimate of drug-likeness (QED) is 0.215. The number of hydrogen-bond acceptors (Lipinski definition) is 7. The van der Waals surface area contributed by atoms with Crippen LogP contribution in [0, 0.1) is 23.7 Å². The normalized spacial score (nSPS) is 12.8. The third kappa shape index (κ3) is 4.53. The van der Waals surface area contributed by atoms with Crippen LogP contribution in [0.5, 0.6) is 11.5 Å². The second-order valence-electron chi connectivity index (χ2n) is 8.47. The molecule has 0 aromatic heterocycles. The second-order valence-corrected chi connectivity index (χ2v) is 8.47. The number of rotatable bonds is 2. The van der Waals surface area contributed by atoms with Crippen molar-refractivity contribution in [1.82, 2.24) is 0 Å². The van der Waals surface area contributed by atoms with E-state index in [4.69, 9.17) is 14.2 Å². The van der Waals surface area contributed by atoms with Crippen molar-refractivity contribution >= 4 is 23.9 Å². The molecule has 184 valence electrons. The first-order valence-corrected chi connectivity index (χ1v) is 11.7. The number of hydrogen-bond donors (Lipinski definition) is 0. The predicted octanol–water partition coefficient (Wildman–Crippen LogP) is 4.90. The van der Waals surface area contributed by atoms with E-state index in [1.54, 1.807) is 24.3 Å². The first-order valence-electron chi connectivity index (χ1n) is 11.7. The van der Waals surface area contributed by atoms with Gasteiger partial charge in [-0.3, -0.25) is 0 Å². The van der Waals surface area contributed by atoms with Crippen LogP contribution in [0.4, 0.5) is 0 Å². The van der Waals surface area contributed by atoms with Crippen LogP contribution in [0.3, 0.4) is 0 Å². The lowest BCUT2D eigenvalue weighted by atomic mass is 10.0. The van der Waals surface area contributed by atoms with Gasteiger partial charge in [0.2, 0.25) is 0 Å². The molecule has 4 aromatic rings. The van der Waals surface area contributed by atoms with Crippen molar-refractivity contribution in [3.05, 3.63) is 129 Å². The topological polar surface area (TPSA) is 96.0 Å². The van der Waals surface area contributed by atoms with E-state index in [2.05, 4.69) is 23.7 Å². The van der Waals surface area contributed by atoms with E-state index < -0.39 is 23.9 Å². The van der Waals surface area contributed by atoms with E-state index in [1.165, 1.54) is 24.3 Å². The van der Waals surface area contributed by atoms with Crippen LogP contribution >= 0.6 is 0 Å². The molecule has 0 N–H and O–H groups in total. The second kappa shape index (κ2) is 9.51. The van der Waals surface area contributed by atoms with Crippen molar-refractivity contribution in [2.75, 3.05) is 0 Å². The minimum Gasteiger partial charge on any atom is -0.457 e. The molecule has 0 fully saturated rings. The minimum absolute atomic E-state index is 0.00898. The van der Waals surface area contributed by atoms with Gasteiger partial charge in [0, 0.05) is 22.3 Å². The Kier molecular flexibility index (Phi) is 5.73. The smallest absolute Gasteiger partial charge is 0.348 e.